The molecule has 0 bridgehead atoms. The number of nitrogens with zero attached hydrogens (tertiary/aromatic N) is 1. The quantitative estimate of drug-likeness (QED) is 0.528. The van der Waals surface area contributed by atoms with Gasteiger partial charge in [0.05, 0.1) is 39.2 Å². The molecule has 0 aromatic heterocycles. The van der Waals surface area contributed by atoms with Crippen molar-refractivity contribution < 1.29 is 18.9 Å². The number of ether oxygens (including phenoxy) is 4. The smallest absolute Gasteiger partial charge is 0.161 e. The summed E-state index contributed by atoms with van der Waals surface area (Å²) < 4.78 is 23.3. The standard InChI is InChI=1S/C27H33NO4/c1-4-31-23-12-11-18(13-26(23)32-16-17-9-10-17)27-21-15-25(30-3)24(29-2)14-20(21)19-7-5-6-8-22(19)28-27/h11-15,17,19,22H,4-10,16H2,1-3H3. The Bertz CT molecular complexity index is 1010. The summed E-state index contributed by atoms with van der Waals surface area (Å²) in [5.41, 5.74) is 4.55. The predicted molar refractivity (Wildman–Crippen MR) is 126 cm³/mol. The van der Waals surface area contributed by atoms with E-state index in [-0.39, 0.29) is 0 Å². The molecule has 0 amide bonds. The minimum absolute atomic E-state index is 0.312. The lowest BCUT2D eigenvalue weighted by atomic mass is 9.75. The van der Waals surface area contributed by atoms with Crippen molar-refractivity contribution in [2.75, 3.05) is 27.4 Å². The highest BCUT2D eigenvalue weighted by Crippen LogP contribution is 2.45. The molecule has 5 rings (SSSR count). The summed E-state index contributed by atoms with van der Waals surface area (Å²) in [6.07, 6.45) is 7.30. The van der Waals surface area contributed by atoms with Crippen LogP contribution >= 0.6 is 0 Å². The number of rotatable bonds is 8. The lowest BCUT2D eigenvalue weighted by Crippen LogP contribution is -2.29. The fourth-order valence-corrected chi connectivity index (χ4v) is 5.04. The van der Waals surface area contributed by atoms with E-state index in [0.29, 0.717) is 24.5 Å². The molecule has 2 aromatic rings. The Hall–Kier alpha value is -2.69. The van der Waals surface area contributed by atoms with Gasteiger partial charge < -0.3 is 18.9 Å². The van der Waals surface area contributed by atoms with Crippen molar-refractivity contribution in [3.05, 3.63) is 47.0 Å². The van der Waals surface area contributed by atoms with E-state index in [4.69, 9.17) is 23.9 Å². The molecule has 0 saturated heterocycles. The van der Waals surface area contributed by atoms with Crippen molar-refractivity contribution in [3.63, 3.8) is 0 Å². The first-order valence-electron chi connectivity index (χ1n) is 12.0. The number of methoxy groups -OCH3 is 2. The van der Waals surface area contributed by atoms with Crippen molar-refractivity contribution in [2.24, 2.45) is 10.9 Å². The molecule has 0 N–H and O–H groups in total. The van der Waals surface area contributed by atoms with Crippen LogP contribution in [0.1, 0.15) is 68.1 Å². The third-order valence-corrected chi connectivity index (χ3v) is 6.92. The van der Waals surface area contributed by atoms with Crippen LogP contribution in [0.2, 0.25) is 0 Å². The van der Waals surface area contributed by atoms with Gasteiger partial charge in [-0.1, -0.05) is 12.8 Å². The van der Waals surface area contributed by atoms with Gasteiger partial charge >= 0.3 is 0 Å². The molecule has 2 aliphatic carbocycles. The highest BCUT2D eigenvalue weighted by molar-refractivity contribution is 6.15. The van der Waals surface area contributed by atoms with Crippen LogP contribution in [-0.2, 0) is 0 Å². The van der Waals surface area contributed by atoms with Crippen molar-refractivity contribution in [1.82, 2.24) is 0 Å². The number of benzene rings is 2. The van der Waals surface area contributed by atoms with E-state index in [1.807, 2.05) is 13.0 Å². The summed E-state index contributed by atoms with van der Waals surface area (Å²) >= 11 is 0. The summed E-state index contributed by atoms with van der Waals surface area (Å²) in [5, 5.41) is 0. The molecule has 5 nitrogen and oxygen atoms in total. The number of fused-ring (bicyclic) bond motifs is 3. The van der Waals surface area contributed by atoms with Gasteiger partial charge in [-0.05, 0) is 74.4 Å². The van der Waals surface area contributed by atoms with Gasteiger partial charge in [0, 0.05) is 17.0 Å². The Kier molecular flexibility index (Phi) is 5.99. The van der Waals surface area contributed by atoms with Crippen LogP contribution in [0.3, 0.4) is 0 Å². The second kappa shape index (κ2) is 9.05. The molecule has 2 saturated carbocycles. The zero-order valence-electron chi connectivity index (χ0n) is 19.4. The Morgan fingerprint density at radius 2 is 1.62 bits per heavy atom. The fraction of sp³-hybridized carbons (Fsp3) is 0.519. The maximum atomic E-state index is 6.20. The maximum Gasteiger partial charge on any atom is 0.161 e. The van der Waals surface area contributed by atoms with E-state index in [1.54, 1.807) is 14.2 Å². The molecular weight excluding hydrogens is 402 g/mol. The summed E-state index contributed by atoms with van der Waals surface area (Å²) in [6.45, 7) is 3.37. The SMILES string of the molecule is CCOc1ccc(C2=NC3CCCCC3c3cc(OC)c(OC)cc32)cc1OCC1CC1. The fourth-order valence-electron chi connectivity index (χ4n) is 5.04. The number of hydrogen-bond donors (Lipinski definition) is 0. The van der Waals surface area contributed by atoms with Crippen LogP contribution in [0.5, 0.6) is 23.0 Å². The molecule has 1 heterocycles. The topological polar surface area (TPSA) is 49.3 Å². The van der Waals surface area contributed by atoms with Gasteiger partial charge in [0.1, 0.15) is 0 Å². The van der Waals surface area contributed by atoms with Crippen LogP contribution in [0.4, 0.5) is 0 Å². The molecule has 0 radical (unpaired) electrons. The van der Waals surface area contributed by atoms with E-state index < -0.39 is 0 Å². The normalized spacial score (nSPS) is 21.8. The summed E-state index contributed by atoms with van der Waals surface area (Å²) in [6, 6.07) is 10.8. The molecule has 2 atom stereocenters. The van der Waals surface area contributed by atoms with Crippen LogP contribution in [0, 0.1) is 5.92 Å². The third-order valence-electron chi connectivity index (χ3n) is 6.92. The molecule has 0 spiro atoms. The highest BCUT2D eigenvalue weighted by Gasteiger charge is 2.35. The van der Waals surface area contributed by atoms with Gasteiger partial charge in [0.2, 0.25) is 0 Å². The zero-order valence-corrected chi connectivity index (χ0v) is 19.4. The van der Waals surface area contributed by atoms with Crippen LogP contribution in [-0.4, -0.2) is 39.2 Å². The Morgan fingerprint density at radius 1 is 0.844 bits per heavy atom. The Morgan fingerprint density at radius 3 is 2.38 bits per heavy atom. The van der Waals surface area contributed by atoms with E-state index in [9.17, 15) is 0 Å². The average molecular weight is 436 g/mol. The molecule has 32 heavy (non-hydrogen) atoms. The Balaban J connectivity index is 1.59. The van der Waals surface area contributed by atoms with Gasteiger partial charge in [-0.15, -0.1) is 0 Å². The predicted octanol–water partition coefficient (Wildman–Crippen LogP) is 5.77. The number of hydrogen-bond acceptors (Lipinski definition) is 5. The van der Waals surface area contributed by atoms with E-state index >= 15 is 0 Å². The molecular formula is C27H33NO4. The van der Waals surface area contributed by atoms with Crippen molar-refractivity contribution in [1.29, 1.82) is 0 Å². The zero-order chi connectivity index (χ0) is 22.1. The molecule has 2 unspecified atom stereocenters. The largest absolute Gasteiger partial charge is 0.493 e. The van der Waals surface area contributed by atoms with Gasteiger partial charge in [0.25, 0.3) is 0 Å². The first-order chi connectivity index (χ1) is 15.7. The second-order valence-corrected chi connectivity index (χ2v) is 9.08. The Labute approximate surface area is 190 Å². The van der Waals surface area contributed by atoms with Gasteiger partial charge in [-0.25, -0.2) is 0 Å². The van der Waals surface area contributed by atoms with Gasteiger partial charge in [-0.3, -0.25) is 4.99 Å². The first-order valence-corrected chi connectivity index (χ1v) is 12.0. The maximum absolute atomic E-state index is 6.20. The summed E-state index contributed by atoms with van der Waals surface area (Å²) in [4.78, 5) is 5.29. The first kappa shape index (κ1) is 21.2. The molecule has 1 aliphatic heterocycles. The van der Waals surface area contributed by atoms with Gasteiger partial charge in [0.15, 0.2) is 23.0 Å². The van der Waals surface area contributed by atoms with Gasteiger partial charge in [-0.2, -0.15) is 0 Å². The third kappa shape index (κ3) is 4.05. The average Bonchev–Trinajstić information content (AvgIpc) is 3.66. The summed E-state index contributed by atoms with van der Waals surface area (Å²) in [7, 11) is 3.39. The monoisotopic (exact) mass is 435 g/mol. The minimum Gasteiger partial charge on any atom is -0.493 e. The lowest BCUT2D eigenvalue weighted by molar-refractivity contribution is 0.267. The second-order valence-electron chi connectivity index (χ2n) is 9.08. The van der Waals surface area contributed by atoms with Crippen molar-refractivity contribution in [3.8, 4) is 23.0 Å². The summed E-state index contributed by atoms with van der Waals surface area (Å²) in [5.74, 6) is 4.26. The molecule has 2 aromatic carbocycles. The molecule has 170 valence electrons. The van der Waals surface area contributed by atoms with Crippen LogP contribution in [0.15, 0.2) is 35.3 Å². The molecule has 2 fully saturated rings. The van der Waals surface area contributed by atoms with E-state index in [1.165, 1.54) is 37.7 Å². The van der Waals surface area contributed by atoms with Crippen LogP contribution in [0.25, 0.3) is 0 Å². The lowest BCUT2D eigenvalue weighted by Gasteiger charge is -2.36. The molecule has 5 heteroatoms. The van der Waals surface area contributed by atoms with E-state index in [0.717, 1.165) is 52.9 Å². The van der Waals surface area contributed by atoms with Crippen molar-refractivity contribution >= 4 is 5.71 Å². The van der Waals surface area contributed by atoms with Crippen LogP contribution < -0.4 is 18.9 Å². The molecule has 3 aliphatic rings. The highest BCUT2D eigenvalue weighted by atomic mass is 16.5. The van der Waals surface area contributed by atoms with E-state index in [2.05, 4.69) is 24.3 Å². The minimum atomic E-state index is 0.312. The van der Waals surface area contributed by atoms with Crippen molar-refractivity contribution in [2.45, 2.75) is 57.4 Å². The number of aliphatic imine (C=N–C) groups is 1.